The van der Waals surface area contributed by atoms with Gasteiger partial charge in [0.15, 0.2) is 0 Å². The summed E-state index contributed by atoms with van der Waals surface area (Å²) in [5.74, 6) is 0. The van der Waals surface area contributed by atoms with Gasteiger partial charge in [0.2, 0.25) is 0 Å². The molecule has 0 heterocycles. The first-order valence-corrected chi connectivity index (χ1v) is 8.22. The van der Waals surface area contributed by atoms with Crippen molar-refractivity contribution in [1.82, 2.24) is 5.32 Å². The molecule has 114 valence electrons. The zero-order valence-electron chi connectivity index (χ0n) is 13.4. The molecule has 1 aromatic rings. The second-order valence-corrected chi connectivity index (χ2v) is 6.00. The van der Waals surface area contributed by atoms with E-state index in [0.29, 0.717) is 6.04 Å². The highest BCUT2D eigenvalue weighted by Gasteiger charge is 2.19. The predicted molar refractivity (Wildman–Crippen MR) is 88.4 cm³/mol. The molecule has 1 aliphatic rings. The van der Waals surface area contributed by atoms with Gasteiger partial charge in [-0.1, -0.05) is 38.7 Å². The lowest BCUT2D eigenvalue weighted by molar-refractivity contribution is 0.552. The molecule has 3 heteroatoms. The number of nitrogens with zero attached hydrogens (tertiary/aromatic N) is 2. The highest BCUT2D eigenvalue weighted by atomic mass is 15.1. The van der Waals surface area contributed by atoms with Crippen LogP contribution in [0.2, 0.25) is 0 Å². The van der Waals surface area contributed by atoms with Crippen molar-refractivity contribution in [3.63, 3.8) is 0 Å². The summed E-state index contributed by atoms with van der Waals surface area (Å²) in [7, 11) is 2.15. The van der Waals surface area contributed by atoms with Crippen molar-refractivity contribution in [2.75, 3.05) is 18.5 Å². The summed E-state index contributed by atoms with van der Waals surface area (Å²) in [6.45, 7) is 3.88. The second kappa shape index (κ2) is 8.05. The zero-order chi connectivity index (χ0) is 15.1. The Balaban J connectivity index is 2.15. The lowest BCUT2D eigenvalue weighted by atomic mass is 10.0. The molecule has 1 saturated carbocycles. The van der Waals surface area contributed by atoms with E-state index in [1.54, 1.807) is 0 Å². The van der Waals surface area contributed by atoms with E-state index in [0.717, 1.165) is 24.3 Å². The third kappa shape index (κ3) is 4.22. The van der Waals surface area contributed by atoms with Crippen LogP contribution in [-0.4, -0.2) is 19.6 Å². The minimum atomic E-state index is 0.583. The fourth-order valence-electron chi connectivity index (χ4n) is 3.20. The van der Waals surface area contributed by atoms with E-state index in [-0.39, 0.29) is 0 Å². The number of hydrogen-bond donors (Lipinski definition) is 1. The summed E-state index contributed by atoms with van der Waals surface area (Å²) in [4.78, 5) is 2.33. The summed E-state index contributed by atoms with van der Waals surface area (Å²) in [6.07, 6.45) is 7.85. The standard InChI is InChI=1S/C18H27N3/c1-3-20-14-15-10-11-18(16(12-15)13-19)21(2)17-8-6-4-5-7-9-17/h10-12,17,20H,3-9,14H2,1-2H3. The molecule has 0 amide bonds. The molecule has 1 fully saturated rings. The van der Waals surface area contributed by atoms with Crippen LogP contribution in [0.5, 0.6) is 0 Å². The van der Waals surface area contributed by atoms with E-state index in [2.05, 4.69) is 42.4 Å². The number of benzene rings is 1. The third-order valence-electron chi connectivity index (χ3n) is 4.51. The fraction of sp³-hybridized carbons (Fsp3) is 0.611. The first-order chi connectivity index (χ1) is 10.3. The van der Waals surface area contributed by atoms with Gasteiger partial charge in [0, 0.05) is 19.6 Å². The van der Waals surface area contributed by atoms with Crippen molar-refractivity contribution >= 4 is 5.69 Å². The Kier molecular flexibility index (Phi) is 6.07. The predicted octanol–water partition coefficient (Wildman–Crippen LogP) is 3.83. The fourth-order valence-corrected chi connectivity index (χ4v) is 3.20. The molecule has 0 atom stereocenters. The van der Waals surface area contributed by atoms with Crippen LogP contribution in [0.4, 0.5) is 5.69 Å². The summed E-state index contributed by atoms with van der Waals surface area (Å²) in [5.41, 5.74) is 3.08. The maximum atomic E-state index is 9.47. The normalized spacial score (nSPS) is 16.2. The summed E-state index contributed by atoms with van der Waals surface area (Å²) in [5, 5.41) is 12.8. The minimum Gasteiger partial charge on any atom is -0.371 e. The highest BCUT2D eigenvalue weighted by molar-refractivity contribution is 5.60. The van der Waals surface area contributed by atoms with Crippen molar-refractivity contribution in [3.05, 3.63) is 29.3 Å². The smallest absolute Gasteiger partial charge is 0.101 e. The number of anilines is 1. The molecule has 0 spiro atoms. The lowest BCUT2D eigenvalue weighted by Crippen LogP contribution is -2.31. The summed E-state index contributed by atoms with van der Waals surface area (Å²) in [6, 6.07) is 9.26. The topological polar surface area (TPSA) is 39.1 Å². The Morgan fingerprint density at radius 2 is 1.95 bits per heavy atom. The van der Waals surface area contributed by atoms with Crippen molar-refractivity contribution in [3.8, 4) is 6.07 Å². The van der Waals surface area contributed by atoms with Crippen LogP contribution in [0, 0.1) is 11.3 Å². The van der Waals surface area contributed by atoms with E-state index in [1.165, 1.54) is 44.1 Å². The number of rotatable bonds is 5. The number of nitrogens with one attached hydrogen (secondary N) is 1. The van der Waals surface area contributed by atoms with E-state index in [1.807, 2.05) is 6.07 Å². The molecule has 0 aromatic heterocycles. The average Bonchev–Trinajstić information content (AvgIpc) is 2.81. The van der Waals surface area contributed by atoms with Gasteiger partial charge >= 0.3 is 0 Å². The van der Waals surface area contributed by atoms with Crippen LogP contribution in [0.25, 0.3) is 0 Å². The Morgan fingerprint density at radius 1 is 1.24 bits per heavy atom. The molecule has 0 aliphatic heterocycles. The van der Waals surface area contributed by atoms with Gasteiger partial charge in [-0.2, -0.15) is 5.26 Å². The van der Waals surface area contributed by atoms with Crippen LogP contribution in [0.1, 0.15) is 56.6 Å². The zero-order valence-corrected chi connectivity index (χ0v) is 13.4. The number of hydrogen-bond acceptors (Lipinski definition) is 3. The van der Waals surface area contributed by atoms with Crippen LogP contribution in [0.15, 0.2) is 18.2 Å². The second-order valence-electron chi connectivity index (χ2n) is 6.00. The average molecular weight is 285 g/mol. The quantitative estimate of drug-likeness (QED) is 0.836. The molecule has 0 saturated heterocycles. The van der Waals surface area contributed by atoms with Crippen LogP contribution in [-0.2, 0) is 6.54 Å². The highest BCUT2D eigenvalue weighted by Crippen LogP contribution is 2.28. The summed E-state index contributed by atoms with van der Waals surface area (Å²) < 4.78 is 0. The molecular formula is C18H27N3. The monoisotopic (exact) mass is 285 g/mol. The Hall–Kier alpha value is -1.53. The van der Waals surface area contributed by atoms with Crippen molar-refractivity contribution in [2.45, 2.75) is 58.0 Å². The first-order valence-electron chi connectivity index (χ1n) is 8.22. The maximum absolute atomic E-state index is 9.47. The van der Waals surface area contributed by atoms with Gasteiger partial charge in [0.25, 0.3) is 0 Å². The molecule has 1 N–H and O–H groups in total. The maximum Gasteiger partial charge on any atom is 0.101 e. The van der Waals surface area contributed by atoms with E-state index in [4.69, 9.17) is 0 Å². The molecule has 21 heavy (non-hydrogen) atoms. The summed E-state index contributed by atoms with van der Waals surface area (Å²) >= 11 is 0. The first kappa shape index (κ1) is 15.9. The van der Waals surface area contributed by atoms with Gasteiger partial charge in [-0.15, -0.1) is 0 Å². The Bertz CT molecular complexity index is 482. The Morgan fingerprint density at radius 3 is 2.57 bits per heavy atom. The molecule has 1 aliphatic carbocycles. The van der Waals surface area contributed by atoms with Gasteiger partial charge in [-0.05, 0) is 37.1 Å². The molecule has 3 nitrogen and oxygen atoms in total. The minimum absolute atomic E-state index is 0.583. The largest absolute Gasteiger partial charge is 0.371 e. The van der Waals surface area contributed by atoms with Crippen LogP contribution < -0.4 is 10.2 Å². The Labute approximate surface area is 129 Å². The molecule has 1 aromatic carbocycles. The van der Waals surface area contributed by atoms with Crippen molar-refractivity contribution in [1.29, 1.82) is 5.26 Å². The van der Waals surface area contributed by atoms with Gasteiger partial charge in [0.1, 0.15) is 6.07 Å². The molecule has 0 radical (unpaired) electrons. The molecule has 0 bridgehead atoms. The van der Waals surface area contributed by atoms with Crippen LogP contribution >= 0.6 is 0 Å². The number of nitriles is 1. The van der Waals surface area contributed by atoms with Crippen molar-refractivity contribution < 1.29 is 0 Å². The van der Waals surface area contributed by atoms with Gasteiger partial charge in [0.05, 0.1) is 11.3 Å². The third-order valence-corrected chi connectivity index (χ3v) is 4.51. The van der Waals surface area contributed by atoms with E-state index >= 15 is 0 Å². The van der Waals surface area contributed by atoms with Crippen molar-refractivity contribution in [2.24, 2.45) is 0 Å². The molecular weight excluding hydrogens is 258 g/mol. The van der Waals surface area contributed by atoms with Gasteiger partial charge < -0.3 is 10.2 Å². The van der Waals surface area contributed by atoms with E-state index < -0.39 is 0 Å². The van der Waals surface area contributed by atoms with Gasteiger partial charge in [-0.3, -0.25) is 0 Å². The van der Waals surface area contributed by atoms with Crippen LogP contribution in [0.3, 0.4) is 0 Å². The van der Waals surface area contributed by atoms with E-state index in [9.17, 15) is 5.26 Å². The molecule has 0 unspecified atom stereocenters. The molecule has 2 rings (SSSR count). The SMILES string of the molecule is CCNCc1ccc(N(C)C2CCCCCC2)c(C#N)c1. The van der Waals surface area contributed by atoms with Gasteiger partial charge in [-0.25, -0.2) is 0 Å². The lowest BCUT2D eigenvalue weighted by Gasteiger charge is -2.30.